The molecule has 0 saturated carbocycles. The fraction of sp³-hybridized carbons (Fsp3) is 0.394. The van der Waals surface area contributed by atoms with E-state index >= 15 is 0 Å². The lowest BCUT2D eigenvalue weighted by Crippen LogP contribution is -2.51. The number of fused-ring (bicyclic) bond motifs is 2. The number of nitrogens with one attached hydrogen (secondary N) is 5. The van der Waals surface area contributed by atoms with E-state index in [9.17, 15) is 23.7 Å². The van der Waals surface area contributed by atoms with E-state index in [1.54, 1.807) is 4.90 Å². The normalized spacial score (nSPS) is 11.8. The summed E-state index contributed by atoms with van der Waals surface area (Å²) in [5.41, 5.74) is 9.15. The number of nitrogens with zero attached hydrogens (tertiary/aromatic N) is 2. The molecule has 4 rings (SSSR count). The Morgan fingerprint density at radius 2 is 1.49 bits per heavy atom. The second kappa shape index (κ2) is 18.0. The van der Waals surface area contributed by atoms with Crippen LogP contribution in [-0.2, 0) is 27.2 Å². The van der Waals surface area contributed by atoms with E-state index in [-0.39, 0.29) is 56.5 Å². The Labute approximate surface area is 278 Å². The summed E-state index contributed by atoms with van der Waals surface area (Å²) in [6, 6.07) is 13.6. The Balaban J connectivity index is 1.41. The molecule has 0 aliphatic carbocycles. The molecule has 12 nitrogen and oxygen atoms in total. The summed E-state index contributed by atoms with van der Waals surface area (Å²) in [4.78, 5) is 58.7. The first kappa shape index (κ1) is 35.3. The highest BCUT2D eigenvalue weighted by Gasteiger charge is 2.27. The van der Waals surface area contributed by atoms with Crippen molar-refractivity contribution < 1.29 is 23.7 Å². The number of aromatic nitrogens is 2. The van der Waals surface area contributed by atoms with Crippen LogP contribution in [0.1, 0.15) is 30.4 Å². The molecule has 252 valence electrons. The van der Waals surface area contributed by atoms with Crippen LogP contribution >= 0.6 is 12.6 Å². The van der Waals surface area contributed by atoms with Crippen LogP contribution in [0.4, 0.5) is 9.28 Å². The molecule has 0 saturated heterocycles. The minimum Gasteiger partial charge on any atom is -0.361 e. The molecule has 1 unspecified atom stereocenters. The average molecular weight is 667 g/mol. The van der Waals surface area contributed by atoms with Crippen molar-refractivity contribution in [2.75, 3.05) is 45.0 Å². The highest BCUT2D eigenvalue weighted by Crippen LogP contribution is 2.19. The summed E-state index contributed by atoms with van der Waals surface area (Å²) in [5.74, 6) is -0.547. The van der Waals surface area contributed by atoms with Gasteiger partial charge in [0, 0.05) is 66.0 Å². The van der Waals surface area contributed by atoms with E-state index in [0.29, 0.717) is 31.7 Å². The summed E-state index contributed by atoms with van der Waals surface area (Å²) in [6.07, 6.45) is 5.23. The smallest absolute Gasteiger partial charge is 0.342 e. The zero-order valence-corrected chi connectivity index (χ0v) is 27.2. The maximum absolute atomic E-state index is 14.0. The van der Waals surface area contributed by atoms with Gasteiger partial charge in [0.2, 0.25) is 17.7 Å². The highest BCUT2D eigenvalue weighted by atomic mass is 32.1. The largest absolute Gasteiger partial charge is 0.361 e. The molecule has 0 aliphatic rings. The molecule has 4 aromatic rings. The zero-order chi connectivity index (χ0) is 33.6. The molecule has 0 radical (unpaired) electrons. The molecule has 0 spiro atoms. The molecule has 0 fully saturated rings. The average Bonchev–Trinajstić information content (AvgIpc) is 3.69. The highest BCUT2D eigenvalue weighted by molar-refractivity contribution is 7.80. The van der Waals surface area contributed by atoms with Crippen molar-refractivity contribution in [3.63, 3.8) is 0 Å². The van der Waals surface area contributed by atoms with Crippen molar-refractivity contribution in [1.29, 1.82) is 0 Å². The minimum atomic E-state index is -1.23. The maximum Gasteiger partial charge on any atom is 0.342 e. The van der Waals surface area contributed by atoms with Gasteiger partial charge in [-0.15, -0.1) is 0 Å². The monoisotopic (exact) mass is 666 g/mol. The number of hydrogen-bond donors (Lipinski definition) is 7. The molecule has 0 aliphatic heterocycles. The van der Waals surface area contributed by atoms with E-state index in [2.05, 4.69) is 38.5 Å². The summed E-state index contributed by atoms with van der Waals surface area (Å²) in [5, 5.41) is 10.7. The lowest BCUT2D eigenvalue weighted by molar-refractivity contribution is -0.137. The molecule has 5 amide bonds. The standard InChI is InChI=1S/C33H43FN8O4S/c34-42(33(35)46)16-5-10-29(40-31(44)22-36-14-11-23-20-38-27-8-3-1-6-25(23)27)32(45)41(18-13-30(43)37-15-19-47)17-12-24-21-39-28-9-4-2-7-26(24)28/h1-4,6-9,20-21,29,36,38-39,47H,5,10-19,22H2,(H2,35,46)(H,37,43)(H,40,44). The molecular weight excluding hydrogens is 623 g/mol. The van der Waals surface area contributed by atoms with E-state index in [1.165, 1.54) is 0 Å². The predicted octanol–water partition coefficient (Wildman–Crippen LogP) is 2.82. The Morgan fingerprint density at radius 1 is 0.851 bits per heavy atom. The molecular formula is C33H43FN8O4S. The van der Waals surface area contributed by atoms with Gasteiger partial charge in [0.05, 0.1) is 13.1 Å². The van der Waals surface area contributed by atoms with Crippen molar-refractivity contribution in [2.24, 2.45) is 5.73 Å². The maximum atomic E-state index is 14.0. The third-order valence-corrected chi connectivity index (χ3v) is 8.16. The number of para-hydroxylation sites is 2. The number of nitrogens with two attached hydrogens (primary N) is 1. The van der Waals surface area contributed by atoms with Gasteiger partial charge in [-0.05, 0) is 55.5 Å². The lowest BCUT2D eigenvalue weighted by atomic mass is 10.1. The van der Waals surface area contributed by atoms with E-state index in [1.807, 2.05) is 60.9 Å². The molecule has 47 heavy (non-hydrogen) atoms. The number of benzene rings is 2. The van der Waals surface area contributed by atoms with Gasteiger partial charge in [0.1, 0.15) is 6.04 Å². The predicted molar refractivity (Wildman–Crippen MR) is 183 cm³/mol. The van der Waals surface area contributed by atoms with Gasteiger partial charge in [0.15, 0.2) is 0 Å². The second-order valence-electron chi connectivity index (χ2n) is 11.2. The van der Waals surface area contributed by atoms with Gasteiger partial charge in [0.25, 0.3) is 0 Å². The van der Waals surface area contributed by atoms with Crippen molar-refractivity contribution >= 4 is 58.2 Å². The van der Waals surface area contributed by atoms with Crippen LogP contribution in [0.3, 0.4) is 0 Å². The first-order valence-corrected chi connectivity index (χ1v) is 16.4. The summed E-state index contributed by atoms with van der Waals surface area (Å²) >= 11 is 4.12. The fourth-order valence-corrected chi connectivity index (χ4v) is 5.59. The van der Waals surface area contributed by atoms with Gasteiger partial charge < -0.3 is 36.6 Å². The van der Waals surface area contributed by atoms with Crippen LogP contribution in [0.2, 0.25) is 0 Å². The van der Waals surface area contributed by atoms with Crippen molar-refractivity contribution in [3.05, 3.63) is 72.1 Å². The quantitative estimate of drug-likeness (QED) is 0.0464. The summed E-state index contributed by atoms with van der Waals surface area (Å²) < 4.78 is 13.8. The van der Waals surface area contributed by atoms with Crippen molar-refractivity contribution in [3.8, 4) is 0 Å². The van der Waals surface area contributed by atoms with Gasteiger partial charge >= 0.3 is 6.03 Å². The lowest BCUT2D eigenvalue weighted by Gasteiger charge is -2.28. The van der Waals surface area contributed by atoms with E-state index in [4.69, 9.17) is 5.73 Å². The molecule has 2 aromatic carbocycles. The van der Waals surface area contributed by atoms with Crippen LogP contribution < -0.4 is 21.7 Å². The Kier molecular flexibility index (Phi) is 13.5. The number of rotatable bonds is 19. The van der Waals surface area contributed by atoms with Gasteiger partial charge in [-0.3, -0.25) is 14.4 Å². The number of primary amides is 1. The summed E-state index contributed by atoms with van der Waals surface area (Å²) in [6.45, 7) is 0.958. The van der Waals surface area contributed by atoms with Gasteiger partial charge in [-0.1, -0.05) is 40.9 Å². The van der Waals surface area contributed by atoms with Gasteiger partial charge in [-0.25, -0.2) is 4.79 Å². The molecule has 2 aromatic heterocycles. The number of aromatic amines is 2. The fourth-order valence-electron chi connectivity index (χ4n) is 5.48. The van der Waals surface area contributed by atoms with Gasteiger partial charge in [-0.2, -0.15) is 17.8 Å². The van der Waals surface area contributed by atoms with E-state index in [0.717, 1.165) is 32.9 Å². The van der Waals surface area contributed by atoms with Crippen LogP contribution in [-0.4, -0.2) is 94.8 Å². The minimum absolute atomic E-state index is 0.0376. The Hall–Kier alpha value is -4.56. The number of amides is 5. The first-order chi connectivity index (χ1) is 22.8. The molecule has 0 bridgehead atoms. The zero-order valence-electron chi connectivity index (χ0n) is 26.3. The number of urea groups is 1. The molecule has 1 atom stereocenters. The number of halogens is 1. The third-order valence-electron chi connectivity index (χ3n) is 7.93. The van der Waals surface area contributed by atoms with Crippen molar-refractivity contribution in [2.45, 2.75) is 38.1 Å². The van der Waals surface area contributed by atoms with Crippen LogP contribution in [0.15, 0.2) is 60.9 Å². The first-order valence-electron chi connectivity index (χ1n) is 15.8. The Bertz CT molecular complexity index is 1640. The topological polar surface area (TPSA) is 168 Å². The second-order valence-corrected chi connectivity index (χ2v) is 11.7. The van der Waals surface area contributed by atoms with E-state index < -0.39 is 23.9 Å². The Morgan fingerprint density at radius 3 is 2.13 bits per heavy atom. The molecule has 2 heterocycles. The van der Waals surface area contributed by atoms with Crippen LogP contribution in [0, 0.1) is 0 Å². The third kappa shape index (κ3) is 10.5. The van der Waals surface area contributed by atoms with Crippen LogP contribution in [0.5, 0.6) is 0 Å². The van der Waals surface area contributed by atoms with Crippen molar-refractivity contribution in [1.82, 2.24) is 35.9 Å². The SMILES string of the molecule is NC(=O)N(F)CCCC(NC(=O)CNCCc1c[nH]c2ccccc12)C(=O)N(CCC(=O)NCCS)CCc1c[nH]c2ccccc12. The number of H-pyrrole nitrogens is 2. The van der Waals surface area contributed by atoms with Crippen LogP contribution in [0.25, 0.3) is 21.8 Å². The molecule has 7 N–H and O–H groups in total. The summed E-state index contributed by atoms with van der Waals surface area (Å²) in [7, 11) is 0. The molecule has 14 heteroatoms. The number of hydrogen-bond acceptors (Lipinski definition) is 6. The number of carbonyl (C=O) groups is 4. The number of carbonyl (C=O) groups excluding carboxylic acids is 4. The number of thiol groups is 1.